The molecule has 0 fully saturated rings. The molecule has 0 radical (unpaired) electrons. The molecule has 0 aromatic heterocycles. The lowest BCUT2D eigenvalue weighted by Crippen LogP contribution is -2.39. The standard InChI is InChI=1S/C14H19ClFN3O2S.ClH/c1-19(10-12-13(15)3-2-4-14(12)16)22(20,21)18-9-11-5-7-17-8-6-11;/h2-5,17-18H,6-10H2,1H3;1H. The Morgan fingerprint density at radius 3 is 2.78 bits per heavy atom. The van der Waals surface area contributed by atoms with Gasteiger partial charge in [0, 0.05) is 37.3 Å². The van der Waals surface area contributed by atoms with Crippen LogP contribution in [0.15, 0.2) is 29.8 Å². The van der Waals surface area contributed by atoms with Crippen LogP contribution in [-0.4, -0.2) is 39.4 Å². The fraction of sp³-hybridized carbons (Fsp3) is 0.429. The zero-order valence-electron chi connectivity index (χ0n) is 12.7. The van der Waals surface area contributed by atoms with Crippen LogP contribution in [0.4, 0.5) is 4.39 Å². The largest absolute Gasteiger partial charge is 0.313 e. The van der Waals surface area contributed by atoms with E-state index in [1.165, 1.54) is 25.2 Å². The summed E-state index contributed by atoms with van der Waals surface area (Å²) in [5.74, 6) is -0.518. The Bertz CT molecular complexity index is 648. The van der Waals surface area contributed by atoms with E-state index in [-0.39, 0.29) is 36.1 Å². The highest BCUT2D eigenvalue weighted by Crippen LogP contribution is 2.21. The van der Waals surface area contributed by atoms with Crippen molar-refractivity contribution in [2.75, 3.05) is 26.7 Å². The average Bonchev–Trinajstić information content (AvgIpc) is 2.50. The van der Waals surface area contributed by atoms with Crippen molar-refractivity contribution in [1.82, 2.24) is 14.3 Å². The number of hydrogen-bond acceptors (Lipinski definition) is 3. The fourth-order valence-electron chi connectivity index (χ4n) is 2.12. The van der Waals surface area contributed by atoms with Crippen LogP contribution in [0.25, 0.3) is 0 Å². The van der Waals surface area contributed by atoms with Gasteiger partial charge in [-0.15, -0.1) is 12.4 Å². The predicted octanol–water partition coefficient (Wildman–Crippen LogP) is 2.09. The van der Waals surface area contributed by atoms with Gasteiger partial charge < -0.3 is 5.32 Å². The first-order valence-electron chi connectivity index (χ1n) is 6.92. The van der Waals surface area contributed by atoms with Gasteiger partial charge in [-0.3, -0.25) is 0 Å². The molecule has 1 aliphatic heterocycles. The number of hydrogen-bond donors (Lipinski definition) is 2. The third-order valence-electron chi connectivity index (χ3n) is 3.49. The van der Waals surface area contributed by atoms with Gasteiger partial charge in [-0.05, 0) is 25.1 Å². The number of nitrogens with zero attached hydrogens (tertiary/aromatic N) is 1. The van der Waals surface area contributed by atoms with Crippen molar-refractivity contribution < 1.29 is 12.8 Å². The summed E-state index contributed by atoms with van der Waals surface area (Å²) in [7, 11) is -2.30. The molecule has 2 N–H and O–H groups in total. The molecule has 0 spiro atoms. The molecule has 1 aliphatic rings. The summed E-state index contributed by atoms with van der Waals surface area (Å²) < 4.78 is 41.7. The van der Waals surface area contributed by atoms with E-state index in [1.807, 2.05) is 6.08 Å². The summed E-state index contributed by atoms with van der Waals surface area (Å²) in [5, 5.41) is 3.37. The molecular weight excluding hydrogens is 364 g/mol. The smallest absolute Gasteiger partial charge is 0.279 e. The molecule has 0 saturated heterocycles. The minimum absolute atomic E-state index is 0. The molecule has 0 atom stereocenters. The van der Waals surface area contributed by atoms with Crippen LogP contribution in [0.5, 0.6) is 0 Å². The van der Waals surface area contributed by atoms with Crippen LogP contribution in [0.2, 0.25) is 5.02 Å². The minimum Gasteiger partial charge on any atom is -0.313 e. The molecule has 0 saturated carbocycles. The zero-order chi connectivity index (χ0) is 16.2. The lowest BCUT2D eigenvalue weighted by molar-refractivity contribution is 0.447. The van der Waals surface area contributed by atoms with E-state index < -0.39 is 16.0 Å². The maximum Gasteiger partial charge on any atom is 0.279 e. The molecular formula is C14H20Cl2FN3O2S. The zero-order valence-corrected chi connectivity index (χ0v) is 15.1. The minimum atomic E-state index is -3.69. The van der Waals surface area contributed by atoms with Crippen molar-refractivity contribution in [1.29, 1.82) is 0 Å². The van der Waals surface area contributed by atoms with E-state index in [0.29, 0.717) is 0 Å². The van der Waals surface area contributed by atoms with Crippen LogP contribution in [0.1, 0.15) is 12.0 Å². The first-order chi connectivity index (χ1) is 10.4. The van der Waals surface area contributed by atoms with Gasteiger partial charge >= 0.3 is 0 Å². The van der Waals surface area contributed by atoms with Crippen LogP contribution in [0.3, 0.4) is 0 Å². The van der Waals surface area contributed by atoms with Crippen LogP contribution in [0, 0.1) is 5.82 Å². The number of rotatable bonds is 6. The fourth-order valence-corrected chi connectivity index (χ4v) is 3.23. The Hall–Kier alpha value is -0.700. The Morgan fingerprint density at radius 1 is 1.43 bits per heavy atom. The molecule has 1 aromatic rings. The lowest BCUT2D eigenvalue weighted by Gasteiger charge is -2.20. The van der Waals surface area contributed by atoms with Crippen LogP contribution >= 0.6 is 24.0 Å². The van der Waals surface area contributed by atoms with Gasteiger partial charge in [-0.2, -0.15) is 17.4 Å². The molecule has 0 bridgehead atoms. The average molecular weight is 384 g/mol. The predicted molar refractivity (Wildman–Crippen MR) is 92.6 cm³/mol. The molecule has 0 amide bonds. The van der Waals surface area contributed by atoms with Crippen molar-refractivity contribution in [3.63, 3.8) is 0 Å². The van der Waals surface area contributed by atoms with Crippen LogP contribution in [-0.2, 0) is 16.8 Å². The van der Waals surface area contributed by atoms with Crippen molar-refractivity contribution in [2.45, 2.75) is 13.0 Å². The first-order valence-corrected chi connectivity index (χ1v) is 8.74. The Kier molecular flexibility index (Phi) is 7.93. The normalized spacial score (nSPS) is 15.2. The molecule has 130 valence electrons. The third-order valence-corrected chi connectivity index (χ3v) is 5.31. The summed E-state index contributed by atoms with van der Waals surface area (Å²) in [4.78, 5) is 0. The van der Waals surface area contributed by atoms with Crippen molar-refractivity contribution in [3.8, 4) is 0 Å². The molecule has 2 rings (SSSR count). The van der Waals surface area contributed by atoms with E-state index in [1.54, 1.807) is 0 Å². The highest BCUT2D eigenvalue weighted by molar-refractivity contribution is 7.87. The molecule has 5 nitrogen and oxygen atoms in total. The Morgan fingerprint density at radius 2 is 2.17 bits per heavy atom. The quantitative estimate of drug-likeness (QED) is 0.739. The van der Waals surface area contributed by atoms with E-state index >= 15 is 0 Å². The van der Waals surface area contributed by atoms with E-state index in [9.17, 15) is 12.8 Å². The van der Waals surface area contributed by atoms with E-state index in [0.717, 1.165) is 29.4 Å². The molecule has 23 heavy (non-hydrogen) atoms. The summed E-state index contributed by atoms with van der Waals surface area (Å²) in [6.07, 6.45) is 2.78. The highest BCUT2D eigenvalue weighted by Gasteiger charge is 2.20. The van der Waals surface area contributed by atoms with Gasteiger partial charge in [0.05, 0.1) is 0 Å². The van der Waals surface area contributed by atoms with Gasteiger partial charge in [0.2, 0.25) is 0 Å². The molecule has 1 aromatic carbocycles. The van der Waals surface area contributed by atoms with Gasteiger partial charge in [0.1, 0.15) is 5.82 Å². The third kappa shape index (κ3) is 5.70. The molecule has 9 heteroatoms. The maximum atomic E-state index is 13.7. The molecule has 0 aliphatic carbocycles. The van der Waals surface area contributed by atoms with Gasteiger partial charge in [0.15, 0.2) is 0 Å². The van der Waals surface area contributed by atoms with Crippen molar-refractivity contribution in [3.05, 3.63) is 46.3 Å². The Labute approximate surface area is 147 Å². The molecule has 1 heterocycles. The second kappa shape index (κ2) is 8.96. The van der Waals surface area contributed by atoms with Crippen LogP contribution < -0.4 is 10.0 Å². The monoisotopic (exact) mass is 383 g/mol. The summed E-state index contributed by atoms with van der Waals surface area (Å²) in [6, 6.07) is 4.28. The summed E-state index contributed by atoms with van der Waals surface area (Å²) >= 11 is 5.92. The topological polar surface area (TPSA) is 61.4 Å². The molecule has 0 unspecified atom stereocenters. The van der Waals surface area contributed by atoms with E-state index in [2.05, 4.69) is 10.0 Å². The Balaban J connectivity index is 0.00000264. The number of benzene rings is 1. The van der Waals surface area contributed by atoms with Gasteiger partial charge in [-0.25, -0.2) is 4.39 Å². The number of halogens is 3. The van der Waals surface area contributed by atoms with E-state index in [4.69, 9.17) is 11.6 Å². The highest BCUT2D eigenvalue weighted by atomic mass is 35.5. The summed E-state index contributed by atoms with van der Waals surface area (Å²) in [5.41, 5.74) is 1.21. The SMILES string of the molecule is CN(Cc1c(F)cccc1Cl)S(=O)(=O)NCC1=CCNCC1.Cl. The maximum absolute atomic E-state index is 13.7. The number of nitrogens with one attached hydrogen (secondary N) is 2. The first kappa shape index (κ1) is 20.3. The summed E-state index contributed by atoms with van der Waals surface area (Å²) in [6.45, 7) is 1.73. The second-order valence-corrected chi connectivity index (χ2v) is 7.37. The van der Waals surface area contributed by atoms with Gasteiger partial charge in [-0.1, -0.05) is 29.3 Å². The second-order valence-electron chi connectivity index (χ2n) is 5.10. The van der Waals surface area contributed by atoms with Crippen molar-refractivity contribution in [2.24, 2.45) is 0 Å². The van der Waals surface area contributed by atoms with Crippen molar-refractivity contribution >= 4 is 34.2 Å². The van der Waals surface area contributed by atoms with Gasteiger partial charge in [0.25, 0.3) is 10.2 Å². The lowest BCUT2D eigenvalue weighted by atomic mass is 10.1.